The number of rotatable bonds is 0. The quantitative estimate of drug-likeness (QED) is 0.559. The third-order valence-corrected chi connectivity index (χ3v) is 1.25. The van der Waals surface area contributed by atoms with Crippen LogP contribution < -0.4 is 5.73 Å². The first kappa shape index (κ1) is 8.24. The van der Waals surface area contributed by atoms with E-state index in [2.05, 4.69) is 0 Å². The standard InChI is InChI=1S/C6H6ClN.FH/c7-5-3-1-2-4-6(5)8;/h1-4H,8H2;1H. The van der Waals surface area contributed by atoms with Gasteiger partial charge in [0, 0.05) is 0 Å². The molecule has 0 saturated carbocycles. The topological polar surface area (TPSA) is 26.0 Å². The number of halogens is 2. The van der Waals surface area contributed by atoms with Crippen LogP contribution in [0.2, 0.25) is 5.02 Å². The van der Waals surface area contributed by atoms with Gasteiger partial charge in [0.1, 0.15) is 0 Å². The summed E-state index contributed by atoms with van der Waals surface area (Å²) in [5, 5.41) is 0.618. The van der Waals surface area contributed by atoms with Gasteiger partial charge in [0.25, 0.3) is 0 Å². The molecule has 9 heavy (non-hydrogen) atoms. The highest BCUT2D eigenvalue weighted by Crippen LogP contribution is 2.15. The molecule has 0 spiro atoms. The number of nitrogens with two attached hydrogens (primary N) is 1. The zero-order valence-corrected chi connectivity index (χ0v) is 5.43. The Bertz CT molecular complexity index is 169. The Morgan fingerprint density at radius 2 is 1.78 bits per heavy atom. The third-order valence-electron chi connectivity index (χ3n) is 0.905. The Balaban J connectivity index is 0.000000640. The predicted molar refractivity (Wildman–Crippen MR) is 38.4 cm³/mol. The van der Waals surface area contributed by atoms with E-state index in [9.17, 15) is 0 Å². The molecule has 0 aliphatic heterocycles. The van der Waals surface area contributed by atoms with Crippen molar-refractivity contribution in [1.29, 1.82) is 0 Å². The average molecular weight is 148 g/mol. The van der Waals surface area contributed by atoms with Crippen molar-refractivity contribution >= 4 is 17.3 Å². The van der Waals surface area contributed by atoms with Crippen molar-refractivity contribution in [2.24, 2.45) is 0 Å². The SMILES string of the molecule is F.Nc1ccccc1Cl. The van der Waals surface area contributed by atoms with Crippen LogP contribution >= 0.6 is 11.6 Å². The van der Waals surface area contributed by atoms with Crippen LogP contribution in [0.15, 0.2) is 24.3 Å². The van der Waals surface area contributed by atoms with Gasteiger partial charge in [-0.1, -0.05) is 23.7 Å². The van der Waals surface area contributed by atoms with Gasteiger partial charge < -0.3 is 5.73 Å². The monoisotopic (exact) mass is 147 g/mol. The van der Waals surface area contributed by atoms with Gasteiger partial charge in [-0.3, -0.25) is 4.70 Å². The highest BCUT2D eigenvalue weighted by Gasteiger charge is 1.87. The molecule has 0 unspecified atom stereocenters. The summed E-state index contributed by atoms with van der Waals surface area (Å²) in [6.45, 7) is 0. The fraction of sp³-hybridized carbons (Fsp3) is 0. The summed E-state index contributed by atoms with van der Waals surface area (Å²) in [6.07, 6.45) is 0. The first-order valence-electron chi connectivity index (χ1n) is 2.31. The zero-order valence-electron chi connectivity index (χ0n) is 4.67. The first-order chi connectivity index (χ1) is 3.80. The molecule has 0 aliphatic rings. The van der Waals surface area contributed by atoms with Crippen LogP contribution in [0.25, 0.3) is 0 Å². The first-order valence-corrected chi connectivity index (χ1v) is 2.68. The van der Waals surface area contributed by atoms with Crippen molar-refractivity contribution in [3.05, 3.63) is 29.3 Å². The van der Waals surface area contributed by atoms with Crippen molar-refractivity contribution in [2.45, 2.75) is 0 Å². The molecule has 3 heteroatoms. The van der Waals surface area contributed by atoms with Crippen LogP contribution in [0.3, 0.4) is 0 Å². The average Bonchev–Trinajstić information content (AvgIpc) is 1.77. The molecule has 0 atom stereocenters. The van der Waals surface area contributed by atoms with Crippen LogP contribution in [-0.2, 0) is 0 Å². The number of para-hydroxylation sites is 1. The summed E-state index contributed by atoms with van der Waals surface area (Å²) in [5.74, 6) is 0. The second-order valence-corrected chi connectivity index (χ2v) is 1.93. The maximum absolute atomic E-state index is 5.58. The van der Waals surface area contributed by atoms with Gasteiger partial charge >= 0.3 is 0 Å². The van der Waals surface area contributed by atoms with E-state index in [-0.39, 0.29) is 4.70 Å². The predicted octanol–water partition coefficient (Wildman–Crippen LogP) is 2.07. The number of hydrogen-bond acceptors (Lipinski definition) is 1. The van der Waals surface area contributed by atoms with Crippen LogP contribution in [-0.4, -0.2) is 0 Å². The van der Waals surface area contributed by atoms with Gasteiger partial charge in [-0.05, 0) is 12.1 Å². The highest BCUT2D eigenvalue weighted by atomic mass is 35.5. The summed E-state index contributed by atoms with van der Waals surface area (Å²) in [4.78, 5) is 0. The minimum absolute atomic E-state index is 0. The largest absolute Gasteiger partial charge is 0.398 e. The van der Waals surface area contributed by atoms with Crippen LogP contribution in [0.5, 0.6) is 0 Å². The lowest BCUT2D eigenvalue weighted by atomic mass is 10.3. The summed E-state index contributed by atoms with van der Waals surface area (Å²) < 4.78 is 0. The Hall–Kier alpha value is -0.760. The molecule has 0 aliphatic carbocycles. The lowest BCUT2D eigenvalue weighted by Crippen LogP contribution is -1.82. The van der Waals surface area contributed by atoms with Crippen LogP contribution in [0.4, 0.5) is 10.4 Å². The fourth-order valence-electron chi connectivity index (χ4n) is 0.475. The molecular formula is C6H7ClFN. The van der Waals surface area contributed by atoms with Gasteiger partial charge in [0.2, 0.25) is 0 Å². The molecule has 0 fully saturated rings. The van der Waals surface area contributed by atoms with Gasteiger partial charge in [-0.2, -0.15) is 0 Å². The van der Waals surface area contributed by atoms with E-state index in [1.54, 1.807) is 12.1 Å². The van der Waals surface area contributed by atoms with Gasteiger partial charge in [-0.15, -0.1) is 0 Å². The minimum atomic E-state index is 0. The molecule has 50 valence electrons. The lowest BCUT2D eigenvalue weighted by Gasteiger charge is -1.91. The van der Waals surface area contributed by atoms with Crippen molar-refractivity contribution in [3.63, 3.8) is 0 Å². The maximum atomic E-state index is 5.58. The van der Waals surface area contributed by atoms with Crippen molar-refractivity contribution in [3.8, 4) is 0 Å². The van der Waals surface area contributed by atoms with E-state index in [1.165, 1.54) is 0 Å². The Kier molecular flexibility index (Phi) is 3.02. The number of nitrogen functional groups attached to an aromatic ring is 1. The van der Waals surface area contributed by atoms with Crippen molar-refractivity contribution < 1.29 is 4.70 Å². The molecule has 0 saturated heterocycles. The van der Waals surface area contributed by atoms with Gasteiger partial charge in [0.15, 0.2) is 0 Å². The minimum Gasteiger partial charge on any atom is -0.398 e. The van der Waals surface area contributed by atoms with E-state index < -0.39 is 0 Å². The highest BCUT2D eigenvalue weighted by molar-refractivity contribution is 6.33. The summed E-state index contributed by atoms with van der Waals surface area (Å²) in [7, 11) is 0. The molecule has 1 aromatic carbocycles. The molecule has 1 nitrogen and oxygen atoms in total. The van der Waals surface area contributed by atoms with Crippen molar-refractivity contribution in [1.82, 2.24) is 0 Å². The van der Waals surface area contributed by atoms with Crippen LogP contribution in [0.1, 0.15) is 0 Å². The van der Waals surface area contributed by atoms with Gasteiger partial charge in [0.05, 0.1) is 10.7 Å². The van der Waals surface area contributed by atoms with E-state index in [1.807, 2.05) is 12.1 Å². The molecule has 0 aromatic heterocycles. The molecular weight excluding hydrogens is 141 g/mol. The smallest absolute Gasteiger partial charge is 0.0635 e. The second-order valence-electron chi connectivity index (χ2n) is 1.52. The lowest BCUT2D eigenvalue weighted by molar-refractivity contribution is 1.11. The number of hydrogen-bond donors (Lipinski definition) is 1. The van der Waals surface area contributed by atoms with Gasteiger partial charge in [-0.25, -0.2) is 0 Å². The Morgan fingerprint density at radius 1 is 1.22 bits per heavy atom. The van der Waals surface area contributed by atoms with E-state index in [0.29, 0.717) is 10.7 Å². The normalized spacial score (nSPS) is 8.11. The number of anilines is 1. The molecule has 2 N–H and O–H groups in total. The molecule has 0 bridgehead atoms. The molecule has 0 radical (unpaired) electrons. The Labute approximate surface area is 57.8 Å². The summed E-state index contributed by atoms with van der Waals surface area (Å²) in [6, 6.07) is 7.22. The molecule has 0 heterocycles. The van der Waals surface area contributed by atoms with E-state index in [0.717, 1.165) is 0 Å². The number of benzene rings is 1. The molecule has 0 amide bonds. The second kappa shape index (κ2) is 3.30. The molecule has 1 aromatic rings. The van der Waals surface area contributed by atoms with E-state index in [4.69, 9.17) is 17.3 Å². The third kappa shape index (κ3) is 1.90. The Morgan fingerprint density at radius 3 is 2.11 bits per heavy atom. The maximum Gasteiger partial charge on any atom is 0.0635 e. The summed E-state index contributed by atoms with van der Waals surface area (Å²) >= 11 is 5.58. The van der Waals surface area contributed by atoms with Crippen molar-refractivity contribution in [2.75, 3.05) is 5.73 Å². The summed E-state index contributed by atoms with van der Waals surface area (Å²) in [5.41, 5.74) is 6.02. The van der Waals surface area contributed by atoms with Crippen LogP contribution in [0, 0.1) is 0 Å². The van der Waals surface area contributed by atoms with E-state index >= 15 is 0 Å². The zero-order chi connectivity index (χ0) is 5.98. The fourth-order valence-corrected chi connectivity index (χ4v) is 0.611. The molecule has 1 rings (SSSR count).